The Morgan fingerprint density at radius 1 is 1.13 bits per heavy atom. The summed E-state index contributed by atoms with van der Waals surface area (Å²) in [5, 5.41) is 14.0. The van der Waals surface area contributed by atoms with Gasteiger partial charge in [0.1, 0.15) is 12.4 Å². The van der Waals surface area contributed by atoms with Crippen molar-refractivity contribution in [3.8, 4) is 5.69 Å². The van der Waals surface area contributed by atoms with Crippen LogP contribution in [0.25, 0.3) is 5.69 Å². The Labute approximate surface area is 174 Å². The number of rotatable bonds is 5. The minimum Gasteiger partial charge on any atom is -0.325 e. The van der Waals surface area contributed by atoms with Crippen LogP contribution in [0.1, 0.15) is 24.0 Å². The van der Waals surface area contributed by atoms with E-state index in [0.29, 0.717) is 25.1 Å². The van der Waals surface area contributed by atoms with E-state index < -0.39 is 16.1 Å². The van der Waals surface area contributed by atoms with E-state index in [1.807, 2.05) is 19.9 Å². The summed E-state index contributed by atoms with van der Waals surface area (Å²) in [5.74, 6) is -0.335. The molecule has 9 nitrogen and oxygen atoms in total. The molecule has 30 heavy (non-hydrogen) atoms. The van der Waals surface area contributed by atoms with Gasteiger partial charge in [0, 0.05) is 12.2 Å². The average molecular weight is 427 g/mol. The second-order valence-corrected chi connectivity index (χ2v) is 9.22. The fourth-order valence-electron chi connectivity index (χ4n) is 3.62. The maximum Gasteiger partial charge on any atom is 0.243 e. The van der Waals surface area contributed by atoms with E-state index in [2.05, 4.69) is 20.8 Å². The van der Waals surface area contributed by atoms with Gasteiger partial charge in [-0.3, -0.25) is 4.79 Å². The van der Waals surface area contributed by atoms with Crippen molar-refractivity contribution in [2.45, 2.75) is 37.6 Å². The lowest BCUT2D eigenvalue weighted by atomic mass is 10.1. The summed E-state index contributed by atoms with van der Waals surface area (Å²) in [5.41, 5.74) is 3.23. The van der Waals surface area contributed by atoms with Gasteiger partial charge in [-0.15, -0.1) is 5.10 Å². The lowest BCUT2D eigenvalue weighted by Crippen LogP contribution is -2.43. The third-order valence-corrected chi connectivity index (χ3v) is 7.12. The van der Waals surface area contributed by atoms with Crippen LogP contribution >= 0.6 is 0 Å². The normalized spacial score (nSPS) is 17.2. The van der Waals surface area contributed by atoms with Crippen LogP contribution in [0.4, 0.5) is 5.69 Å². The zero-order valence-electron chi connectivity index (χ0n) is 16.7. The maximum atomic E-state index is 13.1. The Morgan fingerprint density at radius 3 is 2.57 bits per heavy atom. The van der Waals surface area contributed by atoms with E-state index in [0.717, 1.165) is 16.8 Å². The predicted molar refractivity (Wildman–Crippen MR) is 111 cm³/mol. The second-order valence-electron chi connectivity index (χ2n) is 7.33. The standard InChI is InChI=1S/C20H22N6O3S/c1-14-5-8-17(9-6-14)30(28,29)26-11-3-4-19(26)20(27)22-16-7-10-18(15(2)12-16)25-13-21-23-24-25/h5-10,12-13,19H,3-4,11H2,1-2H3,(H,22,27)/t19-/m0/s1. The molecule has 1 saturated heterocycles. The number of nitrogens with zero attached hydrogens (tertiary/aromatic N) is 5. The lowest BCUT2D eigenvalue weighted by molar-refractivity contribution is -0.119. The number of aryl methyl sites for hydroxylation is 2. The number of tetrazole rings is 1. The highest BCUT2D eigenvalue weighted by Crippen LogP contribution is 2.27. The Bertz CT molecular complexity index is 1160. The zero-order valence-corrected chi connectivity index (χ0v) is 17.5. The van der Waals surface area contributed by atoms with Gasteiger partial charge in [0.2, 0.25) is 15.9 Å². The SMILES string of the molecule is Cc1ccc(S(=O)(=O)N2CCC[C@H]2C(=O)Nc2ccc(-n3cnnn3)c(C)c2)cc1. The summed E-state index contributed by atoms with van der Waals surface area (Å²) in [4.78, 5) is 13.1. The highest BCUT2D eigenvalue weighted by Gasteiger charge is 2.39. The molecule has 1 fully saturated rings. The molecule has 0 saturated carbocycles. The summed E-state index contributed by atoms with van der Waals surface area (Å²) in [6.45, 7) is 4.11. The smallest absolute Gasteiger partial charge is 0.243 e. The number of anilines is 1. The third-order valence-electron chi connectivity index (χ3n) is 5.19. The fourth-order valence-corrected chi connectivity index (χ4v) is 5.28. The van der Waals surface area contributed by atoms with Crippen molar-refractivity contribution in [3.63, 3.8) is 0 Å². The van der Waals surface area contributed by atoms with Crippen molar-refractivity contribution in [1.82, 2.24) is 24.5 Å². The van der Waals surface area contributed by atoms with E-state index in [1.54, 1.807) is 36.4 Å². The van der Waals surface area contributed by atoms with Gasteiger partial charge in [0.05, 0.1) is 10.6 Å². The second kappa shape index (κ2) is 7.96. The van der Waals surface area contributed by atoms with E-state index in [9.17, 15) is 13.2 Å². The van der Waals surface area contributed by atoms with Gasteiger partial charge in [0.15, 0.2) is 0 Å². The molecule has 156 valence electrons. The highest BCUT2D eigenvalue weighted by molar-refractivity contribution is 7.89. The summed E-state index contributed by atoms with van der Waals surface area (Å²) >= 11 is 0. The van der Waals surface area contributed by atoms with Gasteiger partial charge in [-0.1, -0.05) is 17.7 Å². The predicted octanol–water partition coefficient (Wildman–Crippen LogP) is 2.07. The molecule has 2 aromatic carbocycles. The number of amides is 1. The number of hydrogen-bond donors (Lipinski definition) is 1. The number of carbonyl (C=O) groups excluding carboxylic acids is 1. The molecular formula is C20H22N6O3S. The van der Waals surface area contributed by atoms with Crippen molar-refractivity contribution in [2.75, 3.05) is 11.9 Å². The number of sulfonamides is 1. The highest BCUT2D eigenvalue weighted by atomic mass is 32.2. The lowest BCUT2D eigenvalue weighted by Gasteiger charge is -2.23. The first-order chi connectivity index (χ1) is 14.4. The molecule has 2 heterocycles. The first-order valence-electron chi connectivity index (χ1n) is 9.59. The van der Waals surface area contributed by atoms with E-state index in [1.165, 1.54) is 15.3 Å². The summed E-state index contributed by atoms with van der Waals surface area (Å²) in [6, 6.07) is 11.3. The summed E-state index contributed by atoms with van der Waals surface area (Å²) in [7, 11) is -3.74. The summed E-state index contributed by atoms with van der Waals surface area (Å²) < 4.78 is 29.0. The van der Waals surface area contributed by atoms with Crippen LogP contribution < -0.4 is 5.32 Å². The molecule has 0 unspecified atom stereocenters. The number of carbonyl (C=O) groups is 1. The largest absolute Gasteiger partial charge is 0.325 e. The molecule has 0 spiro atoms. The van der Waals surface area contributed by atoms with Crippen LogP contribution in [-0.2, 0) is 14.8 Å². The third kappa shape index (κ3) is 3.83. The Hall–Kier alpha value is -3.11. The number of benzene rings is 2. The molecule has 1 atom stereocenters. The van der Waals surface area contributed by atoms with Crippen molar-refractivity contribution < 1.29 is 13.2 Å². The van der Waals surface area contributed by atoms with E-state index in [-0.39, 0.29) is 10.8 Å². The fraction of sp³-hybridized carbons (Fsp3) is 0.300. The van der Waals surface area contributed by atoms with Crippen LogP contribution in [0.2, 0.25) is 0 Å². The molecule has 10 heteroatoms. The molecule has 1 amide bonds. The van der Waals surface area contributed by atoms with Crippen LogP contribution in [0, 0.1) is 13.8 Å². The molecule has 1 aliphatic rings. The van der Waals surface area contributed by atoms with E-state index >= 15 is 0 Å². The molecule has 3 aromatic rings. The maximum absolute atomic E-state index is 13.1. The number of hydrogen-bond acceptors (Lipinski definition) is 6. The molecule has 0 bridgehead atoms. The molecule has 1 aromatic heterocycles. The quantitative estimate of drug-likeness (QED) is 0.669. The van der Waals surface area contributed by atoms with Gasteiger partial charge in [-0.2, -0.15) is 4.31 Å². The average Bonchev–Trinajstić information content (AvgIpc) is 3.41. The zero-order chi connectivity index (χ0) is 21.3. The van der Waals surface area contributed by atoms with Crippen molar-refractivity contribution in [1.29, 1.82) is 0 Å². The number of nitrogens with one attached hydrogen (secondary N) is 1. The molecule has 0 radical (unpaired) electrons. The van der Waals surface area contributed by atoms with Gasteiger partial charge < -0.3 is 5.32 Å². The first kappa shape index (κ1) is 20.2. The molecule has 4 rings (SSSR count). The van der Waals surface area contributed by atoms with Crippen molar-refractivity contribution >= 4 is 21.6 Å². The Kier molecular flexibility index (Phi) is 5.35. The van der Waals surface area contributed by atoms with Gasteiger partial charge >= 0.3 is 0 Å². The number of aromatic nitrogens is 4. The first-order valence-corrected chi connectivity index (χ1v) is 11.0. The van der Waals surface area contributed by atoms with Gasteiger partial charge in [-0.05, 0) is 73.0 Å². The molecular weight excluding hydrogens is 404 g/mol. The van der Waals surface area contributed by atoms with Crippen LogP contribution in [-0.4, -0.2) is 51.4 Å². The topological polar surface area (TPSA) is 110 Å². The monoisotopic (exact) mass is 426 g/mol. The Morgan fingerprint density at radius 2 is 1.90 bits per heavy atom. The molecule has 0 aliphatic carbocycles. The minimum absolute atomic E-state index is 0.203. The van der Waals surface area contributed by atoms with Crippen molar-refractivity contribution in [3.05, 3.63) is 59.9 Å². The molecule has 1 aliphatic heterocycles. The van der Waals surface area contributed by atoms with Crippen LogP contribution in [0.3, 0.4) is 0 Å². The van der Waals surface area contributed by atoms with Crippen LogP contribution in [0.5, 0.6) is 0 Å². The minimum atomic E-state index is -3.74. The van der Waals surface area contributed by atoms with E-state index in [4.69, 9.17) is 0 Å². The summed E-state index contributed by atoms with van der Waals surface area (Å²) in [6.07, 6.45) is 2.62. The molecule has 1 N–H and O–H groups in total. The van der Waals surface area contributed by atoms with Crippen molar-refractivity contribution in [2.24, 2.45) is 0 Å². The van der Waals surface area contributed by atoms with Gasteiger partial charge in [-0.25, -0.2) is 13.1 Å². The van der Waals surface area contributed by atoms with Gasteiger partial charge in [0.25, 0.3) is 0 Å². The van der Waals surface area contributed by atoms with Crippen LogP contribution in [0.15, 0.2) is 53.7 Å². The Balaban J connectivity index is 1.53.